The fraction of sp³-hybridized carbons (Fsp3) is 0.188. The zero-order valence-corrected chi connectivity index (χ0v) is 12.4. The first-order valence-corrected chi connectivity index (χ1v) is 6.52. The van der Waals surface area contributed by atoms with Crippen LogP contribution in [0.25, 0.3) is 17.0 Å². The Morgan fingerprint density at radius 1 is 1.18 bits per heavy atom. The molecule has 2 N–H and O–H groups in total. The highest BCUT2D eigenvalue weighted by molar-refractivity contribution is 6.27. The van der Waals surface area contributed by atoms with E-state index in [9.17, 15) is 0 Å². The molecule has 1 heterocycles. The van der Waals surface area contributed by atoms with E-state index in [1.54, 1.807) is 0 Å². The highest BCUT2D eigenvalue weighted by atomic mass is 16.4. The molecule has 0 unspecified atom stereocenters. The van der Waals surface area contributed by atoms with Gasteiger partial charge in [-0.15, -0.1) is 0 Å². The van der Waals surface area contributed by atoms with Gasteiger partial charge in [0.15, 0.2) is 0 Å². The molecule has 22 heavy (non-hydrogen) atoms. The molecule has 0 spiro atoms. The number of pyridine rings is 1. The number of carbonyl (C=O) groups is 2. The third kappa shape index (κ3) is 6.15. The number of rotatable bonds is 3. The third-order valence-corrected chi connectivity index (χ3v) is 2.59. The van der Waals surface area contributed by atoms with E-state index in [1.807, 2.05) is 12.3 Å². The molecule has 0 amide bonds. The van der Waals surface area contributed by atoms with E-state index in [4.69, 9.17) is 19.8 Å². The van der Waals surface area contributed by atoms with Gasteiger partial charge in [0.05, 0.1) is 5.52 Å². The van der Waals surface area contributed by atoms with Crippen LogP contribution < -0.4 is 0 Å². The smallest absolute Gasteiger partial charge is 0.414 e. The molecule has 0 radical (unpaired) electrons. The monoisotopic (exact) mass is 302 g/mol. The van der Waals surface area contributed by atoms with Gasteiger partial charge in [0.2, 0.25) is 0 Å². The zero-order valence-electron chi connectivity index (χ0n) is 12.4. The van der Waals surface area contributed by atoms with Gasteiger partial charge in [-0.2, -0.15) is 0 Å². The van der Waals surface area contributed by atoms with Gasteiger partial charge in [0, 0.05) is 18.1 Å². The first kappa shape index (κ1) is 17.3. The summed E-state index contributed by atoms with van der Waals surface area (Å²) < 4.78 is 0. The minimum absolute atomic E-state index is 0.963. The van der Waals surface area contributed by atoms with Crippen LogP contribution in [-0.4, -0.2) is 52.7 Å². The number of fused-ring (bicyclic) bond motifs is 1. The molecule has 0 aliphatic rings. The minimum atomic E-state index is -1.82. The van der Waals surface area contributed by atoms with Gasteiger partial charge < -0.3 is 15.1 Å². The van der Waals surface area contributed by atoms with Gasteiger partial charge in [0.25, 0.3) is 0 Å². The van der Waals surface area contributed by atoms with Crippen molar-refractivity contribution in [3.63, 3.8) is 0 Å². The van der Waals surface area contributed by atoms with Gasteiger partial charge in [-0.25, -0.2) is 9.59 Å². The summed E-state index contributed by atoms with van der Waals surface area (Å²) in [5.74, 6) is -3.65. The molecular weight excluding hydrogens is 284 g/mol. The Kier molecular flexibility index (Phi) is 6.72. The number of hydrogen-bond donors (Lipinski definition) is 2. The lowest BCUT2D eigenvalue weighted by molar-refractivity contribution is -0.159. The highest BCUT2D eigenvalue weighted by Gasteiger charge is 2.04. The Morgan fingerprint density at radius 3 is 2.45 bits per heavy atom. The lowest BCUT2D eigenvalue weighted by Crippen LogP contribution is -2.10. The van der Waals surface area contributed by atoms with Crippen LogP contribution in [0.3, 0.4) is 0 Å². The maximum absolute atomic E-state index is 9.10. The van der Waals surface area contributed by atoms with Crippen LogP contribution in [0.15, 0.2) is 42.6 Å². The summed E-state index contributed by atoms with van der Waals surface area (Å²) in [6, 6.07) is 10.4. The molecule has 0 saturated carbocycles. The average molecular weight is 302 g/mol. The molecule has 0 aliphatic carbocycles. The normalized spacial score (nSPS) is 10.5. The fourth-order valence-corrected chi connectivity index (χ4v) is 1.60. The van der Waals surface area contributed by atoms with E-state index in [-0.39, 0.29) is 0 Å². The number of carboxylic acid groups (broad SMARTS) is 2. The lowest BCUT2D eigenvalue weighted by Gasteiger charge is -2.03. The molecule has 1 aromatic carbocycles. The van der Waals surface area contributed by atoms with Crippen LogP contribution in [0.4, 0.5) is 0 Å². The van der Waals surface area contributed by atoms with Crippen molar-refractivity contribution >= 4 is 28.9 Å². The second kappa shape index (κ2) is 8.53. The molecule has 6 nitrogen and oxygen atoms in total. The van der Waals surface area contributed by atoms with Crippen LogP contribution in [-0.2, 0) is 9.59 Å². The quantitative estimate of drug-likeness (QED) is 0.842. The third-order valence-electron chi connectivity index (χ3n) is 2.59. The SMILES string of the molecule is CN(C)C/C=C/c1ccc2ncccc2c1.O=C(O)C(=O)O. The highest BCUT2D eigenvalue weighted by Crippen LogP contribution is 2.14. The number of likely N-dealkylation sites (N-methyl/N-ethyl adjacent to an activating group) is 1. The van der Waals surface area contributed by atoms with E-state index >= 15 is 0 Å². The molecule has 6 heteroatoms. The Labute approximate surface area is 128 Å². The average Bonchev–Trinajstić information content (AvgIpc) is 2.47. The lowest BCUT2D eigenvalue weighted by atomic mass is 10.1. The number of carboxylic acids is 2. The molecule has 0 aliphatic heterocycles. The molecule has 0 fully saturated rings. The largest absolute Gasteiger partial charge is 0.473 e. The molecule has 116 valence electrons. The summed E-state index contributed by atoms with van der Waals surface area (Å²) >= 11 is 0. The number of aliphatic carboxylic acids is 2. The van der Waals surface area contributed by atoms with Crippen LogP contribution in [0, 0.1) is 0 Å². The van der Waals surface area contributed by atoms with Crippen molar-refractivity contribution in [2.24, 2.45) is 0 Å². The van der Waals surface area contributed by atoms with Crippen molar-refractivity contribution in [2.45, 2.75) is 0 Å². The predicted molar refractivity (Wildman–Crippen MR) is 84.6 cm³/mol. The van der Waals surface area contributed by atoms with E-state index in [0.29, 0.717) is 0 Å². The molecule has 2 rings (SSSR count). The van der Waals surface area contributed by atoms with Crippen molar-refractivity contribution in [1.82, 2.24) is 9.88 Å². The maximum atomic E-state index is 9.10. The van der Waals surface area contributed by atoms with Crippen molar-refractivity contribution < 1.29 is 19.8 Å². The second-order valence-electron chi connectivity index (χ2n) is 4.73. The topological polar surface area (TPSA) is 90.7 Å². The van der Waals surface area contributed by atoms with Crippen molar-refractivity contribution in [3.8, 4) is 0 Å². The Bertz CT molecular complexity index is 669. The molecule has 2 aromatic rings. The van der Waals surface area contributed by atoms with Gasteiger partial charge in [-0.1, -0.05) is 24.3 Å². The molecular formula is C16H18N2O4. The zero-order chi connectivity index (χ0) is 16.5. The van der Waals surface area contributed by atoms with Gasteiger partial charge in [-0.3, -0.25) is 4.98 Å². The van der Waals surface area contributed by atoms with Crippen LogP contribution in [0.5, 0.6) is 0 Å². The summed E-state index contributed by atoms with van der Waals surface area (Å²) in [4.78, 5) is 24.6. The van der Waals surface area contributed by atoms with E-state index in [1.165, 1.54) is 10.9 Å². The van der Waals surface area contributed by atoms with Gasteiger partial charge in [0.1, 0.15) is 0 Å². The predicted octanol–water partition coefficient (Wildman–Crippen LogP) is 1.97. The van der Waals surface area contributed by atoms with Crippen molar-refractivity contribution in [3.05, 3.63) is 48.2 Å². The summed E-state index contributed by atoms with van der Waals surface area (Å²) in [5, 5.41) is 16.0. The summed E-state index contributed by atoms with van der Waals surface area (Å²) in [6.45, 7) is 0.963. The van der Waals surface area contributed by atoms with Crippen molar-refractivity contribution in [1.29, 1.82) is 0 Å². The summed E-state index contributed by atoms with van der Waals surface area (Å²) in [6.07, 6.45) is 6.13. The first-order valence-electron chi connectivity index (χ1n) is 6.52. The summed E-state index contributed by atoms with van der Waals surface area (Å²) in [5.41, 5.74) is 2.27. The van der Waals surface area contributed by atoms with E-state index in [2.05, 4.69) is 60.4 Å². The number of aromatic nitrogens is 1. The van der Waals surface area contributed by atoms with E-state index < -0.39 is 11.9 Å². The van der Waals surface area contributed by atoms with Crippen molar-refractivity contribution in [2.75, 3.05) is 20.6 Å². The second-order valence-corrected chi connectivity index (χ2v) is 4.73. The molecule has 0 atom stereocenters. The number of benzene rings is 1. The number of hydrogen-bond acceptors (Lipinski definition) is 4. The first-order chi connectivity index (χ1) is 10.4. The molecule has 1 aromatic heterocycles. The van der Waals surface area contributed by atoms with Gasteiger partial charge >= 0.3 is 11.9 Å². The molecule has 0 saturated heterocycles. The van der Waals surface area contributed by atoms with Crippen LogP contribution in [0.1, 0.15) is 5.56 Å². The fourth-order valence-electron chi connectivity index (χ4n) is 1.60. The standard InChI is InChI=1S/C14H16N2.C2H2O4/c1-16(2)10-4-5-12-7-8-14-13(11-12)6-3-9-15-14;3-1(4)2(5)6/h3-9,11H,10H2,1-2H3;(H,3,4)(H,5,6)/b5-4+;. The Morgan fingerprint density at radius 2 is 1.86 bits per heavy atom. The van der Waals surface area contributed by atoms with Crippen LogP contribution >= 0.6 is 0 Å². The Hall–Kier alpha value is -2.73. The summed E-state index contributed by atoms with van der Waals surface area (Å²) in [7, 11) is 4.13. The van der Waals surface area contributed by atoms with Gasteiger partial charge in [-0.05, 0) is 37.9 Å². The van der Waals surface area contributed by atoms with E-state index in [0.717, 1.165) is 12.1 Å². The van der Waals surface area contributed by atoms with Crippen LogP contribution in [0.2, 0.25) is 0 Å². The maximum Gasteiger partial charge on any atom is 0.414 e. The number of nitrogens with zero attached hydrogens (tertiary/aromatic N) is 2. The Balaban J connectivity index is 0.000000346. The minimum Gasteiger partial charge on any atom is -0.473 e. The molecule has 0 bridgehead atoms.